The van der Waals surface area contributed by atoms with Gasteiger partial charge in [-0.2, -0.15) is 0 Å². The molecule has 1 aliphatic heterocycles. The number of piperidine rings is 1. The molecule has 156 valence electrons. The molecule has 0 aromatic heterocycles. The van der Waals surface area contributed by atoms with Gasteiger partial charge < -0.3 is 15.5 Å². The van der Waals surface area contributed by atoms with E-state index < -0.39 is 0 Å². The Labute approximate surface area is 171 Å². The third-order valence-corrected chi connectivity index (χ3v) is 6.53. The van der Waals surface area contributed by atoms with Gasteiger partial charge in [-0.15, -0.1) is 11.6 Å². The number of likely N-dealkylation sites (tertiary alicyclic amines) is 1. The maximum Gasteiger partial charge on any atom is 0.315 e. The van der Waals surface area contributed by atoms with Crippen molar-refractivity contribution >= 4 is 17.6 Å². The quantitative estimate of drug-likeness (QED) is 0.500. The summed E-state index contributed by atoms with van der Waals surface area (Å²) in [5.41, 5.74) is 1.89. The number of nitrogens with one attached hydrogen (secondary N) is 2. The highest BCUT2D eigenvalue weighted by Crippen LogP contribution is 2.43. The van der Waals surface area contributed by atoms with E-state index in [0.717, 1.165) is 38.9 Å². The molecule has 0 bridgehead atoms. The molecule has 1 heterocycles. The van der Waals surface area contributed by atoms with Gasteiger partial charge >= 0.3 is 6.03 Å². The molecule has 1 saturated heterocycles. The van der Waals surface area contributed by atoms with Crippen molar-refractivity contribution in [3.8, 4) is 0 Å². The van der Waals surface area contributed by atoms with Crippen LogP contribution < -0.4 is 10.6 Å². The highest BCUT2D eigenvalue weighted by molar-refractivity contribution is 6.20. The van der Waals surface area contributed by atoms with E-state index in [0.29, 0.717) is 17.2 Å². The average molecular weight is 398 g/mol. The third-order valence-electron chi connectivity index (χ3n) is 6.13. The summed E-state index contributed by atoms with van der Waals surface area (Å²) in [6, 6.07) is 0.270. The second-order valence-electron chi connectivity index (χ2n) is 9.84. The van der Waals surface area contributed by atoms with E-state index in [-0.39, 0.29) is 23.5 Å². The minimum atomic E-state index is -0.0548. The third kappa shape index (κ3) is 6.67. The first-order valence-corrected chi connectivity index (χ1v) is 11.1. The molecule has 2 amide bonds. The SMILES string of the molecule is CC(C)NC(=O)N[C@@H](CN1CCC(C2=CCC(Cl)CC2)C(C)(C)C1)C(C)C. The van der Waals surface area contributed by atoms with Gasteiger partial charge in [0, 0.05) is 30.6 Å². The van der Waals surface area contributed by atoms with Gasteiger partial charge in [-0.1, -0.05) is 39.3 Å². The van der Waals surface area contributed by atoms with Gasteiger partial charge in [0.25, 0.3) is 0 Å². The van der Waals surface area contributed by atoms with Crippen LogP contribution in [0.1, 0.15) is 67.2 Å². The largest absolute Gasteiger partial charge is 0.336 e. The van der Waals surface area contributed by atoms with Crippen LogP contribution in [0.3, 0.4) is 0 Å². The standard InChI is InChI=1S/C22H40ClN3O/c1-15(2)20(25-21(27)24-16(3)4)13-26-12-11-19(22(5,6)14-26)17-7-9-18(23)10-8-17/h7,15-16,18-20H,8-14H2,1-6H3,(H2,24,25,27)/t18?,19?,20-/m0/s1. The number of carbonyl (C=O) groups excluding carboxylic acids is 1. The molecular formula is C22H40ClN3O. The number of hydrogen-bond acceptors (Lipinski definition) is 2. The molecule has 2 N–H and O–H groups in total. The number of hydrogen-bond donors (Lipinski definition) is 2. The van der Waals surface area contributed by atoms with Gasteiger partial charge in [-0.25, -0.2) is 4.79 Å². The Morgan fingerprint density at radius 2 is 1.96 bits per heavy atom. The topological polar surface area (TPSA) is 44.4 Å². The minimum absolute atomic E-state index is 0.0548. The van der Waals surface area contributed by atoms with Crippen LogP contribution in [0.25, 0.3) is 0 Å². The van der Waals surface area contributed by atoms with Crippen LogP contribution >= 0.6 is 11.6 Å². The molecule has 1 aliphatic carbocycles. The van der Waals surface area contributed by atoms with Crippen molar-refractivity contribution in [2.45, 2.75) is 84.7 Å². The van der Waals surface area contributed by atoms with Gasteiger partial charge in [0.05, 0.1) is 0 Å². The fourth-order valence-corrected chi connectivity index (χ4v) is 4.82. The van der Waals surface area contributed by atoms with Gasteiger partial charge in [-0.05, 0) is 63.3 Å². The number of amides is 2. The fourth-order valence-electron chi connectivity index (χ4n) is 4.62. The maximum absolute atomic E-state index is 12.2. The molecular weight excluding hydrogens is 358 g/mol. The van der Waals surface area contributed by atoms with E-state index in [9.17, 15) is 4.79 Å². The van der Waals surface area contributed by atoms with E-state index >= 15 is 0 Å². The van der Waals surface area contributed by atoms with Crippen molar-refractivity contribution < 1.29 is 4.79 Å². The van der Waals surface area contributed by atoms with Crippen LogP contribution in [0.15, 0.2) is 11.6 Å². The van der Waals surface area contributed by atoms with Crippen LogP contribution in [-0.2, 0) is 0 Å². The Balaban J connectivity index is 1.95. The monoisotopic (exact) mass is 397 g/mol. The number of carbonyl (C=O) groups is 1. The summed E-state index contributed by atoms with van der Waals surface area (Å²) in [6.07, 6.45) is 6.92. The van der Waals surface area contributed by atoms with Gasteiger partial charge in [-0.3, -0.25) is 0 Å². The summed E-state index contributed by atoms with van der Waals surface area (Å²) in [7, 11) is 0. The first-order valence-electron chi connectivity index (χ1n) is 10.7. The summed E-state index contributed by atoms with van der Waals surface area (Å²) in [5.74, 6) is 1.07. The number of nitrogens with zero attached hydrogens (tertiary/aromatic N) is 1. The Kier molecular flexibility index (Phi) is 8.05. The van der Waals surface area contributed by atoms with Crippen molar-refractivity contribution in [1.82, 2.24) is 15.5 Å². The predicted octanol–water partition coefficient (Wildman–Crippen LogP) is 4.78. The fraction of sp³-hybridized carbons (Fsp3) is 0.864. The lowest BCUT2D eigenvalue weighted by atomic mass is 9.68. The number of alkyl halides is 1. The molecule has 2 unspecified atom stereocenters. The van der Waals surface area contributed by atoms with E-state index in [1.165, 1.54) is 6.42 Å². The zero-order valence-corrected chi connectivity index (χ0v) is 18.9. The zero-order valence-electron chi connectivity index (χ0n) is 18.1. The lowest BCUT2D eigenvalue weighted by Gasteiger charge is -2.47. The maximum atomic E-state index is 12.2. The number of allylic oxidation sites excluding steroid dienone is 2. The Morgan fingerprint density at radius 3 is 2.48 bits per heavy atom. The van der Waals surface area contributed by atoms with Crippen LogP contribution in [0.4, 0.5) is 4.79 Å². The normalized spacial score (nSPS) is 27.4. The van der Waals surface area contributed by atoms with E-state index in [1.54, 1.807) is 5.57 Å². The van der Waals surface area contributed by atoms with Crippen molar-refractivity contribution in [2.24, 2.45) is 17.3 Å². The molecule has 0 aromatic carbocycles. The summed E-state index contributed by atoms with van der Waals surface area (Å²) in [4.78, 5) is 14.7. The van der Waals surface area contributed by atoms with Gasteiger partial charge in [0.15, 0.2) is 0 Å². The Morgan fingerprint density at radius 1 is 1.26 bits per heavy atom. The van der Waals surface area contributed by atoms with Crippen molar-refractivity contribution in [1.29, 1.82) is 0 Å². The minimum Gasteiger partial charge on any atom is -0.336 e. The molecule has 2 rings (SSSR count). The molecule has 1 fully saturated rings. The van der Waals surface area contributed by atoms with Crippen molar-refractivity contribution in [2.75, 3.05) is 19.6 Å². The summed E-state index contributed by atoms with van der Waals surface area (Å²) in [6.45, 7) is 16.3. The average Bonchev–Trinajstić information content (AvgIpc) is 2.54. The lowest BCUT2D eigenvalue weighted by Crippen LogP contribution is -2.54. The molecule has 0 spiro atoms. The smallest absolute Gasteiger partial charge is 0.315 e. The van der Waals surface area contributed by atoms with Gasteiger partial charge in [0.1, 0.15) is 0 Å². The molecule has 27 heavy (non-hydrogen) atoms. The highest BCUT2D eigenvalue weighted by atomic mass is 35.5. The van der Waals surface area contributed by atoms with Crippen LogP contribution in [0, 0.1) is 17.3 Å². The van der Waals surface area contributed by atoms with Crippen LogP contribution in [0.5, 0.6) is 0 Å². The molecule has 0 radical (unpaired) electrons. The first kappa shape index (κ1) is 22.5. The summed E-state index contributed by atoms with van der Waals surface area (Å²) >= 11 is 6.28. The molecule has 5 heteroatoms. The summed E-state index contributed by atoms with van der Waals surface area (Å²) in [5, 5.41) is 6.46. The van der Waals surface area contributed by atoms with Crippen molar-refractivity contribution in [3.05, 3.63) is 11.6 Å². The zero-order chi connectivity index (χ0) is 20.2. The lowest BCUT2D eigenvalue weighted by molar-refractivity contribution is 0.0608. The number of rotatable bonds is 6. The van der Waals surface area contributed by atoms with Crippen LogP contribution in [-0.4, -0.2) is 48.0 Å². The Hall–Kier alpha value is -0.740. The van der Waals surface area contributed by atoms with E-state index in [2.05, 4.69) is 49.3 Å². The van der Waals surface area contributed by atoms with E-state index in [1.807, 2.05) is 13.8 Å². The number of halogens is 1. The van der Waals surface area contributed by atoms with Crippen LogP contribution in [0.2, 0.25) is 0 Å². The number of urea groups is 1. The second kappa shape index (κ2) is 9.65. The second-order valence-corrected chi connectivity index (χ2v) is 10.5. The summed E-state index contributed by atoms with van der Waals surface area (Å²) < 4.78 is 0. The highest BCUT2D eigenvalue weighted by Gasteiger charge is 2.39. The molecule has 0 saturated carbocycles. The van der Waals surface area contributed by atoms with E-state index in [4.69, 9.17) is 11.6 Å². The Bertz CT molecular complexity index is 530. The molecule has 2 aliphatic rings. The first-order chi connectivity index (χ1) is 12.6. The molecule has 3 atom stereocenters. The van der Waals surface area contributed by atoms with Gasteiger partial charge in [0.2, 0.25) is 0 Å². The molecule has 4 nitrogen and oxygen atoms in total. The van der Waals surface area contributed by atoms with Crippen molar-refractivity contribution in [3.63, 3.8) is 0 Å². The predicted molar refractivity (Wildman–Crippen MR) is 115 cm³/mol. The molecule has 0 aromatic rings.